The van der Waals surface area contributed by atoms with Crippen LogP contribution in [0, 0.1) is 10.7 Å². The second-order valence-corrected chi connectivity index (χ2v) is 5.63. The largest absolute Gasteiger partial charge is 0.388 e. The van der Waals surface area contributed by atoms with Gasteiger partial charge in [-0.05, 0) is 43.9 Å². The molecule has 1 aromatic rings. The van der Waals surface area contributed by atoms with E-state index in [4.69, 9.17) is 12.2 Å². The Morgan fingerprint density at radius 3 is 2.68 bits per heavy atom. The average Bonchev–Trinajstić information content (AvgIpc) is 3.18. The van der Waals surface area contributed by atoms with Crippen LogP contribution in [-0.4, -0.2) is 37.4 Å². The van der Waals surface area contributed by atoms with Gasteiger partial charge in [0.1, 0.15) is 6.61 Å². The lowest BCUT2D eigenvalue weighted by Crippen LogP contribution is -2.29. The van der Waals surface area contributed by atoms with Gasteiger partial charge in [0, 0.05) is 13.1 Å². The van der Waals surface area contributed by atoms with Gasteiger partial charge in [-0.25, -0.2) is 4.68 Å². The zero-order valence-electron chi connectivity index (χ0n) is 11.9. The molecule has 0 amide bonds. The lowest BCUT2D eigenvalue weighted by Gasteiger charge is -2.19. The molecule has 0 radical (unpaired) electrons. The normalized spacial score (nSPS) is 15.4. The van der Waals surface area contributed by atoms with Crippen LogP contribution in [0.15, 0.2) is 0 Å². The minimum absolute atomic E-state index is 0.0502. The Balaban J connectivity index is 2.11. The van der Waals surface area contributed by atoms with Crippen LogP contribution in [0.1, 0.15) is 38.9 Å². The highest BCUT2D eigenvalue weighted by Crippen LogP contribution is 2.29. The first kappa shape index (κ1) is 14.7. The third kappa shape index (κ3) is 3.64. The molecule has 19 heavy (non-hydrogen) atoms. The van der Waals surface area contributed by atoms with Gasteiger partial charge in [0.25, 0.3) is 0 Å². The topological polar surface area (TPSA) is 46.2 Å². The molecule has 0 spiro atoms. The molecule has 0 bridgehead atoms. The van der Waals surface area contributed by atoms with Crippen LogP contribution in [-0.2, 0) is 19.8 Å². The third-order valence-electron chi connectivity index (χ3n) is 3.58. The van der Waals surface area contributed by atoms with E-state index in [9.17, 15) is 5.11 Å². The van der Waals surface area contributed by atoms with Gasteiger partial charge >= 0.3 is 0 Å². The van der Waals surface area contributed by atoms with Crippen LogP contribution in [0.2, 0.25) is 0 Å². The molecule has 108 valence electrons. The molecule has 0 atom stereocenters. The van der Waals surface area contributed by atoms with E-state index in [2.05, 4.69) is 23.8 Å². The second kappa shape index (κ2) is 6.63. The first-order chi connectivity index (χ1) is 9.19. The molecule has 1 aromatic heterocycles. The Hall–Kier alpha value is -0.720. The highest BCUT2D eigenvalue weighted by molar-refractivity contribution is 7.71. The van der Waals surface area contributed by atoms with E-state index in [0.29, 0.717) is 5.82 Å². The van der Waals surface area contributed by atoms with Crippen molar-refractivity contribution in [3.63, 3.8) is 0 Å². The first-order valence-corrected chi connectivity index (χ1v) is 7.60. The van der Waals surface area contributed by atoms with Crippen molar-refractivity contribution in [2.75, 3.05) is 13.1 Å². The van der Waals surface area contributed by atoms with E-state index in [1.807, 2.05) is 9.25 Å². The molecule has 0 saturated heterocycles. The van der Waals surface area contributed by atoms with E-state index in [0.717, 1.165) is 43.4 Å². The fourth-order valence-corrected chi connectivity index (χ4v) is 2.58. The van der Waals surface area contributed by atoms with Gasteiger partial charge in [0.05, 0.1) is 6.67 Å². The summed E-state index contributed by atoms with van der Waals surface area (Å²) in [6, 6.07) is 0. The average molecular weight is 284 g/mol. The lowest BCUT2D eigenvalue weighted by atomic mass is 10.4. The van der Waals surface area contributed by atoms with E-state index in [-0.39, 0.29) is 6.61 Å². The second-order valence-electron chi connectivity index (χ2n) is 5.26. The quantitative estimate of drug-likeness (QED) is 0.742. The van der Waals surface area contributed by atoms with Gasteiger partial charge in [-0.3, -0.25) is 4.90 Å². The highest BCUT2D eigenvalue weighted by Gasteiger charge is 2.24. The minimum atomic E-state index is -0.0502. The monoisotopic (exact) mass is 284 g/mol. The molecule has 1 fully saturated rings. The lowest BCUT2D eigenvalue weighted by molar-refractivity contribution is 0.205. The van der Waals surface area contributed by atoms with Crippen molar-refractivity contribution in [2.45, 2.75) is 52.9 Å². The summed E-state index contributed by atoms with van der Waals surface area (Å²) < 4.78 is 4.52. The van der Waals surface area contributed by atoms with Gasteiger partial charge in [0.15, 0.2) is 10.6 Å². The molecule has 0 aliphatic heterocycles. The minimum Gasteiger partial charge on any atom is -0.388 e. The first-order valence-electron chi connectivity index (χ1n) is 7.19. The number of aromatic nitrogens is 3. The summed E-state index contributed by atoms with van der Waals surface area (Å²) >= 11 is 5.47. The Morgan fingerprint density at radius 2 is 2.16 bits per heavy atom. The molecule has 1 aliphatic carbocycles. The van der Waals surface area contributed by atoms with E-state index in [1.165, 1.54) is 12.8 Å². The van der Waals surface area contributed by atoms with Crippen molar-refractivity contribution in [3.8, 4) is 0 Å². The summed E-state index contributed by atoms with van der Waals surface area (Å²) in [7, 11) is 0. The summed E-state index contributed by atoms with van der Waals surface area (Å²) in [5.41, 5.74) is 0. The molecular formula is C13H24N4OS. The number of aliphatic hydroxyl groups is 1. The van der Waals surface area contributed by atoms with Crippen LogP contribution in [0.3, 0.4) is 0 Å². The van der Waals surface area contributed by atoms with Crippen molar-refractivity contribution < 1.29 is 5.11 Å². The Morgan fingerprint density at radius 1 is 1.42 bits per heavy atom. The summed E-state index contributed by atoms with van der Waals surface area (Å²) in [5, 5.41) is 13.8. The molecule has 1 heterocycles. The molecule has 6 heteroatoms. The van der Waals surface area contributed by atoms with E-state index in [1.54, 1.807) is 0 Å². The Kier molecular flexibility index (Phi) is 5.13. The number of nitrogens with zero attached hydrogens (tertiary/aromatic N) is 4. The van der Waals surface area contributed by atoms with Crippen molar-refractivity contribution in [2.24, 2.45) is 5.92 Å². The zero-order valence-corrected chi connectivity index (χ0v) is 12.7. The smallest absolute Gasteiger partial charge is 0.199 e. The summed E-state index contributed by atoms with van der Waals surface area (Å²) in [4.78, 5) is 2.37. The SMILES string of the molecule is CCCn1c(CO)nn(CN(CC)CC2CC2)c1=S. The van der Waals surface area contributed by atoms with Gasteiger partial charge < -0.3 is 9.67 Å². The van der Waals surface area contributed by atoms with Crippen LogP contribution < -0.4 is 0 Å². The summed E-state index contributed by atoms with van der Waals surface area (Å²) in [6.07, 6.45) is 3.70. The summed E-state index contributed by atoms with van der Waals surface area (Å²) in [6.45, 7) is 7.92. The van der Waals surface area contributed by atoms with Crippen molar-refractivity contribution in [1.82, 2.24) is 19.2 Å². The van der Waals surface area contributed by atoms with Crippen LogP contribution >= 0.6 is 12.2 Å². The van der Waals surface area contributed by atoms with Crippen LogP contribution in [0.4, 0.5) is 0 Å². The predicted octanol–water partition coefficient (Wildman–Crippen LogP) is 2.01. The Labute approximate surface area is 119 Å². The maximum absolute atomic E-state index is 9.37. The van der Waals surface area contributed by atoms with Gasteiger partial charge in [-0.2, -0.15) is 5.10 Å². The number of hydrogen-bond donors (Lipinski definition) is 1. The molecule has 1 aliphatic rings. The van der Waals surface area contributed by atoms with Crippen molar-refractivity contribution >= 4 is 12.2 Å². The fourth-order valence-electron chi connectivity index (χ4n) is 2.29. The number of aliphatic hydroxyl groups excluding tert-OH is 1. The molecule has 1 N–H and O–H groups in total. The van der Waals surface area contributed by atoms with Gasteiger partial charge in [-0.15, -0.1) is 0 Å². The molecule has 0 unspecified atom stereocenters. The molecular weight excluding hydrogens is 260 g/mol. The fraction of sp³-hybridized carbons (Fsp3) is 0.846. The Bertz CT molecular complexity index is 464. The molecule has 2 rings (SSSR count). The highest BCUT2D eigenvalue weighted by atomic mass is 32.1. The zero-order chi connectivity index (χ0) is 13.8. The van der Waals surface area contributed by atoms with E-state index < -0.39 is 0 Å². The van der Waals surface area contributed by atoms with E-state index >= 15 is 0 Å². The van der Waals surface area contributed by atoms with Crippen molar-refractivity contribution in [3.05, 3.63) is 10.6 Å². The van der Waals surface area contributed by atoms with Crippen LogP contribution in [0.25, 0.3) is 0 Å². The molecule has 1 saturated carbocycles. The molecule has 0 aromatic carbocycles. The number of rotatable bonds is 8. The number of hydrogen-bond acceptors (Lipinski definition) is 4. The third-order valence-corrected chi connectivity index (χ3v) is 4.01. The predicted molar refractivity (Wildman–Crippen MR) is 77.2 cm³/mol. The molecule has 5 nitrogen and oxygen atoms in total. The maximum atomic E-state index is 9.37. The van der Waals surface area contributed by atoms with Crippen molar-refractivity contribution in [1.29, 1.82) is 0 Å². The maximum Gasteiger partial charge on any atom is 0.199 e. The van der Waals surface area contributed by atoms with Gasteiger partial charge in [-0.1, -0.05) is 13.8 Å². The van der Waals surface area contributed by atoms with Gasteiger partial charge in [0.2, 0.25) is 0 Å². The standard InChI is InChI=1S/C13H24N4OS/c1-3-7-16-12(9-18)14-17(13(16)19)10-15(4-2)8-11-5-6-11/h11,18H,3-10H2,1-2H3. The summed E-state index contributed by atoms with van der Waals surface area (Å²) in [5.74, 6) is 1.54. The van der Waals surface area contributed by atoms with Crippen LogP contribution in [0.5, 0.6) is 0 Å².